The molecule has 0 aliphatic carbocycles. The second-order valence-corrected chi connectivity index (χ2v) is 4.68. The predicted molar refractivity (Wildman–Crippen MR) is 74.9 cm³/mol. The molecule has 2 nitrogen and oxygen atoms in total. The van der Waals surface area contributed by atoms with Crippen LogP contribution in [0.1, 0.15) is 31.4 Å². The number of rotatable bonds is 4. The first-order valence-electron chi connectivity index (χ1n) is 6.70. The topological polar surface area (TPSA) is 24.9 Å². The van der Waals surface area contributed by atoms with Crippen molar-refractivity contribution >= 4 is 16.7 Å². The van der Waals surface area contributed by atoms with Crippen LogP contribution < -0.4 is 5.32 Å². The summed E-state index contributed by atoms with van der Waals surface area (Å²) < 4.78 is 38.1. The third kappa shape index (κ3) is 3.03. The first-order chi connectivity index (χ1) is 9.45. The van der Waals surface area contributed by atoms with E-state index in [9.17, 15) is 13.2 Å². The Balaban J connectivity index is 2.50. The zero-order chi connectivity index (χ0) is 14.8. The Morgan fingerprint density at radius 2 is 1.90 bits per heavy atom. The maximum Gasteiger partial charge on any atom is 0.416 e. The predicted octanol–water partition coefficient (Wildman–Crippen LogP) is 4.64. The van der Waals surface area contributed by atoms with Crippen molar-refractivity contribution in [3.8, 4) is 0 Å². The second-order valence-electron chi connectivity index (χ2n) is 4.68. The van der Waals surface area contributed by atoms with E-state index in [0.717, 1.165) is 42.9 Å². The average Bonchev–Trinajstić information content (AvgIpc) is 2.42. The van der Waals surface area contributed by atoms with Crippen LogP contribution in [0.2, 0.25) is 0 Å². The van der Waals surface area contributed by atoms with Gasteiger partial charge in [0.25, 0.3) is 0 Å². The quantitative estimate of drug-likeness (QED) is 0.883. The highest BCUT2D eigenvalue weighted by atomic mass is 19.4. The SMILES string of the molecule is CCCNc1nc2ccc(C(F)(F)F)cc2cc1CC. The van der Waals surface area contributed by atoms with E-state index in [-0.39, 0.29) is 0 Å². The third-order valence-electron chi connectivity index (χ3n) is 3.14. The average molecular weight is 282 g/mol. The second kappa shape index (κ2) is 5.69. The summed E-state index contributed by atoms with van der Waals surface area (Å²) in [6, 6.07) is 5.44. The molecule has 0 radical (unpaired) electrons. The lowest BCUT2D eigenvalue weighted by Gasteiger charge is -2.12. The molecule has 108 valence electrons. The van der Waals surface area contributed by atoms with Gasteiger partial charge in [-0.2, -0.15) is 13.2 Å². The van der Waals surface area contributed by atoms with Gasteiger partial charge in [-0.25, -0.2) is 4.98 Å². The lowest BCUT2D eigenvalue weighted by Crippen LogP contribution is -2.07. The molecule has 2 aromatic rings. The van der Waals surface area contributed by atoms with Gasteiger partial charge in [0.1, 0.15) is 5.82 Å². The van der Waals surface area contributed by atoms with Gasteiger partial charge in [0.2, 0.25) is 0 Å². The summed E-state index contributed by atoms with van der Waals surface area (Å²) in [6.45, 7) is 4.81. The van der Waals surface area contributed by atoms with Crippen molar-refractivity contribution in [1.29, 1.82) is 0 Å². The van der Waals surface area contributed by atoms with E-state index < -0.39 is 11.7 Å². The molecule has 0 amide bonds. The number of aryl methyl sites for hydroxylation is 1. The molecular formula is C15H17F3N2. The highest BCUT2D eigenvalue weighted by Gasteiger charge is 2.30. The van der Waals surface area contributed by atoms with E-state index >= 15 is 0 Å². The Bertz CT molecular complexity index is 606. The molecule has 20 heavy (non-hydrogen) atoms. The summed E-state index contributed by atoms with van der Waals surface area (Å²) in [5.74, 6) is 0.765. The number of fused-ring (bicyclic) bond motifs is 1. The van der Waals surface area contributed by atoms with Crippen LogP contribution in [0.25, 0.3) is 10.9 Å². The van der Waals surface area contributed by atoms with E-state index in [1.807, 2.05) is 6.92 Å². The van der Waals surface area contributed by atoms with E-state index in [4.69, 9.17) is 0 Å². The summed E-state index contributed by atoms with van der Waals surface area (Å²) in [4.78, 5) is 4.43. The van der Waals surface area contributed by atoms with Crippen molar-refractivity contribution in [1.82, 2.24) is 4.98 Å². The van der Waals surface area contributed by atoms with Crippen LogP contribution in [-0.4, -0.2) is 11.5 Å². The molecular weight excluding hydrogens is 265 g/mol. The first kappa shape index (κ1) is 14.6. The molecule has 1 aromatic carbocycles. The summed E-state index contributed by atoms with van der Waals surface area (Å²) in [7, 11) is 0. The van der Waals surface area contributed by atoms with Crippen LogP contribution >= 0.6 is 0 Å². The molecule has 1 aromatic heterocycles. The van der Waals surface area contributed by atoms with Crippen LogP contribution in [0.4, 0.5) is 19.0 Å². The maximum atomic E-state index is 12.7. The Kier molecular flexibility index (Phi) is 4.16. The van der Waals surface area contributed by atoms with Crippen molar-refractivity contribution in [3.63, 3.8) is 0 Å². The molecule has 0 unspecified atom stereocenters. The monoisotopic (exact) mass is 282 g/mol. The fraction of sp³-hybridized carbons (Fsp3) is 0.400. The van der Waals surface area contributed by atoms with Gasteiger partial charge in [0.05, 0.1) is 11.1 Å². The van der Waals surface area contributed by atoms with Crippen molar-refractivity contribution in [2.24, 2.45) is 0 Å². The number of pyridine rings is 1. The number of alkyl halides is 3. The molecule has 2 rings (SSSR count). The summed E-state index contributed by atoms with van der Waals surface area (Å²) in [5, 5.41) is 3.74. The van der Waals surface area contributed by atoms with Crippen LogP contribution in [0, 0.1) is 0 Å². The molecule has 0 saturated heterocycles. The number of anilines is 1. The largest absolute Gasteiger partial charge is 0.416 e. The minimum absolute atomic E-state index is 0.527. The molecule has 0 atom stereocenters. The summed E-state index contributed by atoms with van der Waals surface area (Å²) in [5.41, 5.74) is 0.877. The lowest BCUT2D eigenvalue weighted by molar-refractivity contribution is -0.137. The smallest absolute Gasteiger partial charge is 0.370 e. The molecule has 0 aliphatic rings. The van der Waals surface area contributed by atoms with Gasteiger partial charge in [0.15, 0.2) is 0 Å². The Morgan fingerprint density at radius 3 is 2.50 bits per heavy atom. The van der Waals surface area contributed by atoms with Crippen molar-refractivity contribution in [2.75, 3.05) is 11.9 Å². The number of aromatic nitrogens is 1. The number of hydrogen-bond acceptors (Lipinski definition) is 2. The van der Waals surface area contributed by atoms with Crippen LogP contribution in [0.3, 0.4) is 0 Å². The highest BCUT2D eigenvalue weighted by Crippen LogP contribution is 2.32. The lowest BCUT2D eigenvalue weighted by atomic mass is 10.1. The van der Waals surface area contributed by atoms with Gasteiger partial charge in [-0.15, -0.1) is 0 Å². The number of hydrogen-bond donors (Lipinski definition) is 1. The maximum absolute atomic E-state index is 12.7. The van der Waals surface area contributed by atoms with Crippen molar-refractivity contribution < 1.29 is 13.2 Å². The Labute approximate surface area is 116 Å². The van der Waals surface area contributed by atoms with Crippen LogP contribution in [0.15, 0.2) is 24.3 Å². The Hall–Kier alpha value is -1.78. The van der Waals surface area contributed by atoms with Gasteiger partial charge in [-0.3, -0.25) is 0 Å². The van der Waals surface area contributed by atoms with E-state index in [0.29, 0.717) is 10.9 Å². The normalized spacial score (nSPS) is 11.8. The molecule has 0 spiro atoms. The zero-order valence-electron chi connectivity index (χ0n) is 11.5. The number of nitrogens with one attached hydrogen (secondary N) is 1. The van der Waals surface area contributed by atoms with Crippen molar-refractivity contribution in [3.05, 3.63) is 35.4 Å². The Morgan fingerprint density at radius 1 is 1.15 bits per heavy atom. The fourth-order valence-corrected chi connectivity index (χ4v) is 2.06. The molecule has 0 saturated carbocycles. The first-order valence-corrected chi connectivity index (χ1v) is 6.70. The van der Waals surface area contributed by atoms with Crippen LogP contribution in [0.5, 0.6) is 0 Å². The molecule has 5 heteroatoms. The highest BCUT2D eigenvalue weighted by molar-refractivity contribution is 5.82. The standard InChI is InChI=1S/C15H17F3N2/c1-3-7-19-14-10(4-2)8-11-9-12(15(16,17)18)5-6-13(11)20-14/h5-6,8-9H,3-4,7H2,1-2H3,(H,19,20). The molecule has 0 fully saturated rings. The number of halogens is 3. The fourth-order valence-electron chi connectivity index (χ4n) is 2.06. The molecule has 1 heterocycles. The minimum atomic E-state index is -4.32. The summed E-state index contributed by atoms with van der Waals surface area (Å²) in [6.07, 6.45) is -2.62. The molecule has 0 bridgehead atoms. The van der Waals surface area contributed by atoms with E-state index in [1.54, 1.807) is 6.07 Å². The van der Waals surface area contributed by atoms with Gasteiger partial charge in [-0.05, 0) is 42.7 Å². The van der Waals surface area contributed by atoms with Gasteiger partial charge in [-0.1, -0.05) is 13.8 Å². The number of benzene rings is 1. The number of nitrogens with zero attached hydrogens (tertiary/aromatic N) is 1. The molecule has 0 aliphatic heterocycles. The summed E-state index contributed by atoms with van der Waals surface area (Å²) >= 11 is 0. The van der Waals surface area contributed by atoms with Gasteiger partial charge >= 0.3 is 6.18 Å². The van der Waals surface area contributed by atoms with E-state index in [2.05, 4.69) is 17.2 Å². The van der Waals surface area contributed by atoms with E-state index in [1.165, 1.54) is 6.07 Å². The van der Waals surface area contributed by atoms with Gasteiger partial charge < -0.3 is 5.32 Å². The zero-order valence-corrected chi connectivity index (χ0v) is 11.5. The van der Waals surface area contributed by atoms with Crippen molar-refractivity contribution in [2.45, 2.75) is 32.9 Å². The minimum Gasteiger partial charge on any atom is -0.370 e. The third-order valence-corrected chi connectivity index (χ3v) is 3.14. The van der Waals surface area contributed by atoms with Gasteiger partial charge in [0, 0.05) is 11.9 Å². The van der Waals surface area contributed by atoms with Crippen LogP contribution in [-0.2, 0) is 12.6 Å². The molecule has 1 N–H and O–H groups in total.